The lowest BCUT2D eigenvalue weighted by atomic mass is 10.3. The molecule has 0 N–H and O–H groups in total. The summed E-state index contributed by atoms with van der Waals surface area (Å²) in [7, 11) is 4.21. The average molecular weight is 246 g/mol. The van der Waals surface area contributed by atoms with Crippen LogP contribution in [0.25, 0.3) is 0 Å². The van der Waals surface area contributed by atoms with E-state index in [1.165, 1.54) is 26.0 Å². The number of carbonyl (C=O) groups is 2. The molecule has 0 spiro atoms. The van der Waals surface area contributed by atoms with E-state index >= 15 is 0 Å². The minimum atomic E-state index is -2.87. The zero-order valence-electron chi connectivity index (χ0n) is 9.59. The summed E-state index contributed by atoms with van der Waals surface area (Å²) in [5.74, 6) is -0.776. The summed E-state index contributed by atoms with van der Waals surface area (Å²) in [6, 6.07) is 0. The number of aromatic nitrogens is 2. The number of halogens is 2. The third kappa shape index (κ3) is 2.40. The Kier molecular flexibility index (Phi) is 3.77. The van der Waals surface area contributed by atoms with Crippen molar-refractivity contribution >= 4 is 18.1 Å². The molecule has 1 aromatic rings. The molecule has 1 rings (SSSR count). The monoisotopic (exact) mass is 246 g/mol. The van der Waals surface area contributed by atoms with Crippen molar-refractivity contribution in [2.45, 2.75) is 6.55 Å². The molecule has 8 heteroatoms. The summed E-state index contributed by atoms with van der Waals surface area (Å²) in [6.07, 6.45) is 1.17. The number of nitrogens with zero attached hydrogens (tertiary/aromatic N) is 4. The molecule has 0 aliphatic rings. The van der Waals surface area contributed by atoms with Gasteiger partial charge in [0.05, 0.1) is 0 Å². The Morgan fingerprint density at radius 1 is 1.47 bits per heavy atom. The highest BCUT2D eigenvalue weighted by molar-refractivity contribution is 5.98. The van der Waals surface area contributed by atoms with Crippen molar-refractivity contribution in [3.8, 4) is 0 Å². The first kappa shape index (κ1) is 13.1. The van der Waals surface area contributed by atoms with E-state index in [4.69, 9.17) is 0 Å². The number of alkyl halides is 2. The zero-order valence-corrected chi connectivity index (χ0v) is 9.59. The molecule has 0 fully saturated rings. The number of carbonyl (C=O) groups excluding carboxylic acids is 2. The molecule has 0 aromatic carbocycles. The predicted octanol–water partition coefficient (Wildman–Crippen LogP) is 0.573. The highest BCUT2D eigenvalue weighted by Gasteiger charge is 2.25. The van der Waals surface area contributed by atoms with Crippen molar-refractivity contribution in [3.63, 3.8) is 0 Å². The molecule has 0 atom stereocenters. The summed E-state index contributed by atoms with van der Waals surface area (Å²) in [5.41, 5.74) is -0.190. The van der Waals surface area contributed by atoms with Crippen LogP contribution in [-0.4, -0.2) is 47.9 Å². The molecule has 0 aliphatic carbocycles. The van der Waals surface area contributed by atoms with Crippen LogP contribution in [0.15, 0.2) is 6.33 Å². The van der Waals surface area contributed by atoms with Crippen LogP contribution < -0.4 is 4.90 Å². The maximum Gasteiger partial charge on any atom is 0.321 e. The molecular formula is C9H12F2N4O2. The molecule has 0 unspecified atom stereocenters. The second-order valence-corrected chi connectivity index (χ2v) is 3.52. The SMILES string of the molecule is CN(C)C(=O)c1ncn(C(F)F)c1N(C)C=O. The van der Waals surface area contributed by atoms with E-state index in [-0.39, 0.29) is 11.5 Å². The summed E-state index contributed by atoms with van der Waals surface area (Å²) in [6.45, 7) is -2.87. The van der Waals surface area contributed by atoms with E-state index in [9.17, 15) is 18.4 Å². The molecule has 94 valence electrons. The van der Waals surface area contributed by atoms with Crippen molar-refractivity contribution in [1.82, 2.24) is 14.5 Å². The Morgan fingerprint density at radius 3 is 2.47 bits per heavy atom. The molecule has 6 nitrogen and oxygen atoms in total. The fraction of sp³-hybridized carbons (Fsp3) is 0.444. The van der Waals surface area contributed by atoms with Crippen LogP contribution in [0, 0.1) is 0 Å². The van der Waals surface area contributed by atoms with E-state index in [1.54, 1.807) is 0 Å². The number of amides is 2. The first-order valence-electron chi connectivity index (χ1n) is 4.65. The van der Waals surface area contributed by atoms with E-state index in [1.807, 2.05) is 0 Å². The fourth-order valence-electron chi connectivity index (χ4n) is 1.26. The molecule has 1 aromatic heterocycles. The van der Waals surface area contributed by atoms with Gasteiger partial charge in [0.15, 0.2) is 11.5 Å². The van der Waals surface area contributed by atoms with Crippen molar-refractivity contribution in [2.75, 3.05) is 26.0 Å². The normalized spacial score (nSPS) is 10.5. The molecule has 1 heterocycles. The topological polar surface area (TPSA) is 58.4 Å². The first-order valence-corrected chi connectivity index (χ1v) is 4.65. The van der Waals surface area contributed by atoms with Gasteiger partial charge in [-0.3, -0.25) is 14.2 Å². The minimum Gasteiger partial charge on any atom is -0.343 e. The van der Waals surface area contributed by atoms with Gasteiger partial charge in [-0.1, -0.05) is 0 Å². The number of imidazole rings is 1. The Labute approximate surface area is 96.4 Å². The van der Waals surface area contributed by atoms with Crippen molar-refractivity contribution < 1.29 is 18.4 Å². The lowest BCUT2D eigenvalue weighted by molar-refractivity contribution is -0.107. The van der Waals surface area contributed by atoms with E-state index < -0.39 is 12.5 Å². The van der Waals surface area contributed by atoms with Gasteiger partial charge in [0.1, 0.15) is 6.33 Å². The third-order valence-electron chi connectivity index (χ3n) is 2.08. The molecule has 0 radical (unpaired) electrons. The molecule has 0 aliphatic heterocycles. The minimum absolute atomic E-state index is 0.190. The lowest BCUT2D eigenvalue weighted by Crippen LogP contribution is -2.26. The summed E-state index contributed by atoms with van der Waals surface area (Å²) in [4.78, 5) is 28.0. The van der Waals surface area contributed by atoms with E-state index in [0.717, 1.165) is 11.2 Å². The summed E-state index contributed by atoms with van der Waals surface area (Å²) < 4.78 is 25.8. The Hall–Kier alpha value is -1.99. The van der Waals surface area contributed by atoms with Gasteiger partial charge >= 0.3 is 6.55 Å². The van der Waals surface area contributed by atoms with Gasteiger partial charge in [0, 0.05) is 21.1 Å². The highest BCUT2D eigenvalue weighted by Crippen LogP contribution is 2.24. The Bertz CT molecular complexity index is 431. The fourth-order valence-corrected chi connectivity index (χ4v) is 1.26. The quantitative estimate of drug-likeness (QED) is 0.730. The first-order chi connectivity index (χ1) is 7.90. The van der Waals surface area contributed by atoms with Crippen molar-refractivity contribution in [3.05, 3.63) is 12.0 Å². The molecule has 17 heavy (non-hydrogen) atoms. The van der Waals surface area contributed by atoms with Crippen molar-refractivity contribution in [2.24, 2.45) is 0 Å². The van der Waals surface area contributed by atoms with Crippen LogP contribution in [0.4, 0.5) is 14.6 Å². The lowest BCUT2D eigenvalue weighted by Gasteiger charge is -2.16. The van der Waals surface area contributed by atoms with Crippen LogP contribution in [-0.2, 0) is 4.79 Å². The van der Waals surface area contributed by atoms with Crippen molar-refractivity contribution in [1.29, 1.82) is 0 Å². The molecule has 2 amide bonds. The molecule has 0 saturated heterocycles. The standard InChI is InChI=1S/C9H12F2N4O2/c1-13(2)8(17)6-7(14(3)5-16)15(4-12-6)9(10)11/h4-5,9H,1-3H3. The van der Waals surface area contributed by atoms with Gasteiger partial charge in [-0.05, 0) is 0 Å². The average Bonchev–Trinajstić information content (AvgIpc) is 2.71. The zero-order chi connectivity index (χ0) is 13.2. The maximum atomic E-state index is 12.7. The smallest absolute Gasteiger partial charge is 0.321 e. The van der Waals surface area contributed by atoms with Crippen LogP contribution in [0.1, 0.15) is 17.0 Å². The highest BCUT2D eigenvalue weighted by atomic mass is 19.3. The largest absolute Gasteiger partial charge is 0.343 e. The Balaban J connectivity index is 3.32. The number of hydrogen-bond acceptors (Lipinski definition) is 3. The summed E-state index contributed by atoms with van der Waals surface area (Å²) in [5, 5.41) is 0. The van der Waals surface area contributed by atoms with Crippen LogP contribution in [0.5, 0.6) is 0 Å². The van der Waals surface area contributed by atoms with E-state index in [2.05, 4.69) is 4.98 Å². The van der Waals surface area contributed by atoms with Crippen LogP contribution in [0.2, 0.25) is 0 Å². The van der Waals surface area contributed by atoms with Gasteiger partial charge in [-0.2, -0.15) is 8.78 Å². The summed E-state index contributed by atoms with van der Waals surface area (Å²) >= 11 is 0. The van der Waals surface area contributed by atoms with Gasteiger partial charge in [0.2, 0.25) is 6.41 Å². The van der Waals surface area contributed by atoms with E-state index in [0.29, 0.717) is 11.0 Å². The Morgan fingerprint density at radius 2 is 2.06 bits per heavy atom. The number of rotatable bonds is 4. The number of hydrogen-bond donors (Lipinski definition) is 0. The predicted molar refractivity (Wildman–Crippen MR) is 56.0 cm³/mol. The molecule has 0 bridgehead atoms. The second-order valence-electron chi connectivity index (χ2n) is 3.52. The third-order valence-corrected chi connectivity index (χ3v) is 2.08. The van der Waals surface area contributed by atoms with Crippen LogP contribution >= 0.6 is 0 Å². The molecular weight excluding hydrogens is 234 g/mol. The van der Waals surface area contributed by atoms with Gasteiger partial charge in [0.25, 0.3) is 5.91 Å². The second kappa shape index (κ2) is 4.89. The van der Waals surface area contributed by atoms with Gasteiger partial charge in [-0.15, -0.1) is 0 Å². The van der Waals surface area contributed by atoms with Crippen LogP contribution in [0.3, 0.4) is 0 Å². The van der Waals surface area contributed by atoms with Gasteiger partial charge in [-0.25, -0.2) is 4.98 Å². The number of anilines is 1. The van der Waals surface area contributed by atoms with Gasteiger partial charge < -0.3 is 9.80 Å². The molecule has 0 saturated carbocycles. The maximum absolute atomic E-state index is 12.7.